The molecule has 7 rings (SSSR count). The lowest BCUT2D eigenvalue weighted by Gasteiger charge is -2.15. The van der Waals surface area contributed by atoms with Gasteiger partial charge in [-0.1, -0.05) is 25.5 Å². The standard InChI is InChI=1S/C30H26N8/c1-18(19-6-2-3-7-19)35-22-10-20(13-31-15-22)21-11-24-29(37-38-30(24)34-14-21)27-12-23-25(16-32-17-28(23)36-27)26-8-4-5-9-33-26/h4-5,8-17,19,35-36H,1-3,6-7H2,(H,34,37,38). The number of allylic oxidation sites excluding steroid dienone is 1. The molecule has 0 aliphatic heterocycles. The van der Waals surface area contributed by atoms with Gasteiger partial charge in [0.1, 0.15) is 0 Å². The summed E-state index contributed by atoms with van der Waals surface area (Å²) >= 11 is 0. The Morgan fingerprint density at radius 3 is 2.63 bits per heavy atom. The molecular formula is C30H26N8. The third kappa shape index (κ3) is 4.00. The van der Waals surface area contributed by atoms with Gasteiger partial charge >= 0.3 is 0 Å². The fourth-order valence-corrected chi connectivity index (χ4v) is 5.40. The molecule has 0 atom stereocenters. The first kappa shape index (κ1) is 22.4. The highest BCUT2D eigenvalue weighted by atomic mass is 15.2. The van der Waals surface area contributed by atoms with Crippen LogP contribution in [-0.2, 0) is 0 Å². The summed E-state index contributed by atoms with van der Waals surface area (Å²) < 4.78 is 0. The third-order valence-electron chi connectivity index (χ3n) is 7.39. The molecule has 6 aromatic rings. The third-order valence-corrected chi connectivity index (χ3v) is 7.39. The molecule has 1 aliphatic carbocycles. The molecule has 0 unspecified atom stereocenters. The molecule has 8 heteroatoms. The number of pyridine rings is 4. The Labute approximate surface area is 219 Å². The van der Waals surface area contributed by atoms with E-state index in [4.69, 9.17) is 0 Å². The lowest BCUT2D eigenvalue weighted by molar-refractivity contribution is 0.649. The van der Waals surface area contributed by atoms with E-state index in [1.807, 2.05) is 49.2 Å². The lowest BCUT2D eigenvalue weighted by atomic mass is 10.0. The predicted octanol–water partition coefficient (Wildman–Crippen LogP) is 6.74. The normalized spacial score (nSPS) is 13.9. The highest BCUT2D eigenvalue weighted by Gasteiger charge is 2.19. The number of hydrogen-bond acceptors (Lipinski definition) is 6. The van der Waals surface area contributed by atoms with Gasteiger partial charge in [-0.2, -0.15) is 5.10 Å². The molecule has 0 aromatic carbocycles. The molecule has 38 heavy (non-hydrogen) atoms. The van der Waals surface area contributed by atoms with E-state index in [2.05, 4.69) is 65.2 Å². The molecule has 8 nitrogen and oxygen atoms in total. The molecule has 1 saturated carbocycles. The summed E-state index contributed by atoms with van der Waals surface area (Å²) in [5, 5.41) is 13.1. The number of nitrogens with one attached hydrogen (secondary N) is 3. The second-order valence-electron chi connectivity index (χ2n) is 9.83. The van der Waals surface area contributed by atoms with E-state index in [1.54, 1.807) is 6.20 Å². The Morgan fingerprint density at radius 1 is 0.895 bits per heavy atom. The van der Waals surface area contributed by atoms with Crippen molar-refractivity contribution in [3.8, 4) is 33.8 Å². The van der Waals surface area contributed by atoms with Crippen molar-refractivity contribution >= 4 is 27.6 Å². The number of fused-ring (bicyclic) bond motifs is 2. The zero-order chi connectivity index (χ0) is 25.5. The van der Waals surface area contributed by atoms with E-state index < -0.39 is 0 Å². The monoisotopic (exact) mass is 498 g/mol. The topological polar surface area (TPSA) is 108 Å². The number of H-pyrrole nitrogens is 2. The second kappa shape index (κ2) is 9.23. The van der Waals surface area contributed by atoms with Crippen LogP contribution in [-0.4, -0.2) is 35.1 Å². The zero-order valence-corrected chi connectivity index (χ0v) is 20.8. The van der Waals surface area contributed by atoms with Crippen LogP contribution in [0.3, 0.4) is 0 Å². The highest BCUT2D eigenvalue weighted by molar-refractivity contribution is 6.00. The number of hydrogen-bond donors (Lipinski definition) is 3. The molecule has 0 saturated heterocycles. The average molecular weight is 499 g/mol. The number of anilines is 1. The van der Waals surface area contributed by atoms with Gasteiger partial charge in [-0.05, 0) is 49.1 Å². The largest absolute Gasteiger partial charge is 0.358 e. The minimum Gasteiger partial charge on any atom is -0.358 e. The fourth-order valence-electron chi connectivity index (χ4n) is 5.40. The van der Waals surface area contributed by atoms with Gasteiger partial charge < -0.3 is 10.3 Å². The summed E-state index contributed by atoms with van der Waals surface area (Å²) in [6, 6.07) is 12.2. The average Bonchev–Trinajstić information content (AvgIpc) is 3.73. The lowest BCUT2D eigenvalue weighted by Crippen LogP contribution is -2.07. The molecular weight excluding hydrogens is 472 g/mol. The van der Waals surface area contributed by atoms with Gasteiger partial charge in [0.25, 0.3) is 0 Å². The van der Waals surface area contributed by atoms with Gasteiger partial charge in [-0.25, -0.2) is 4.98 Å². The number of aromatic amines is 2. The smallest absolute Gasteiger partial charge is 0.181 e. The van der Waals surface area contributed by atoms with Crippen molar-refractivity contribution in [2.24, 2.45) is 5.92 Å². The molecule has 0 radical (unpaired) electrons. The SMILES string of the molecule is C=C(Nc1cncc(-c2cnc3n[nH]c(-c4cc5c(-c6ccccn6)cncc5[nH]4)c3c2)c1)C1CCCC1. The number of aromatic nitrogens is 7. The summed E-state index contributed by atoms with van der Waals surface area (Å²) in [5.74, 6) is 0.537. The summed E-state index contributed by atoms with van der Waals surface area (Å²) in [4.78, 5) is 21.5. The van der Waals surface area contributed by atoms with Crippen LogP contribution in [0.4, 0.5) is 5.69 Å². The first-order valence-corrected chi connectivity index (χ1v) is 12.9. The van der Waals surface area contributed by atoms with Crippen molar-refractivity contribution in [1.82, 2.24) is 35.1 Å². The van der Waals surface area contributed by atoms with E-state index in [0.717, 1.165) is 61.4 Å². The molecule has 186 valence electrons. The first-order valence-electron chi connectivity index (χ1n) is 12.9. The Bertz CT molecular complexity index is 1780. The number of nitrogens with zero attached hydrogens (tertiary/aromatic N) is 5. The summed E-state index contributed by atoms with van der Waals surface area (Å²) in [6.07, 6.45) is 16.0. The molecule has 1 fully saturated rings. The van der Waals surface area contributed by atoms with Crippen molar-refractivity contribution < 1.29 is 0 Å². The van der Waals surface area contributed by atoms with Crippen LogP contribution >= 0.6 is 0 Å². The van der Waals surface area contributed by atoms with Gasteiger partial charge in [-0.3, -0.25) is 20.1 Å². The van der Waals surface area contributed by atoms with Gasteiger partial charge in [0.15, 0.2) is 5.65 Å². The van der Waals surface area contributed by atoms with Crippen LogP contribution < -0.4 is 5.32 Å². The van der Waals surface area contributed by atoms with Crippen LogP contribution in [0.1, 0.15) is 25.7 Å². The summed E-state index contributed by atoms with van der Waals surface area (Å²) in [6.45, 7) is 4.28. The molecule has 3 N–H and O–H groups in total. The van der Waals surface area contributed by atoms with Crippen molar-refractivity contribution in [3.05, 3.63) is 85.9 Å². The van der Waals surface area contributed by atoms with Crippen LogP contribution in [0.5, 0.6) is 0 Å². The summed E-state index contributed by atoms with van der Waals surface area (Å²) in [5.41, 5.74) is 9.19. The molecule has 1 aliphatic rings. The van der Waals surface area contributed by atoms with E-state index in [0.29, 0.717) is 11.6 Å². The van der Waals surface area contributed by atoms with Gasteiger partial charge in [0, 0.05) is 57.9 Å². The van der Waals surface area contributed by atoms with Crippen molar-refractivity contribution in [3.63, 3.8) is 0 Å². The summed E-state index contributed by atoms with van der Waals surface area (Å²) in [7, 11) is 0. The fraction of sp³-hybridized carbons (Fsp3) is 0.167. The van der Waals surface area contributed by atoms with E-state index >= 15 is 0 Å². The maximum absolute atomic E-state index is 4.63. The van der Waals surface area contributed by atoms with Crippen LogP contribution in [0.25, 0.3) is 55.7 Å². The van der Waals surface area contributed by atoms with Crippen molar-refractivity contribution in [1.29, 1.82) is 0 Å². The van der Waals surface area contributed by atoms with Gasteiger partial charge in [0.2, 0.25) is 0 Å². The Morgan fingerprint density at radius 2 is 1.76 bits per heavy atom. The highest BCUT2D eigenvalue weighted by Crippen LogP contribution is 2.35. The van der Waals surface area contributed by atoms with E-state index in [1.165, 1.54) is 25.7 Å². The molecule has 6 aromatic heterocycles. The van der Waals surface area contributed by atoms with E-state index in [9.17, 15) is 0 Å². The number of rotatable bonds is 6. The molecule has 0 spiro atoms. The molecule has 6 heterocycles. The second-order valence-corrected chi connectivity index (χ2v) is 9.83. The zero-order valence-electron chi connectivity index (χ0n) is 20.8. The van der Waals surface area contributed by atoms with Crippen LogP contribution in [0.2, 0.25) is 0 Å². The molecule has 0 bridgehead atoms. The quantitative estimate of drug-likeness (QED) is 0.235. The molecule has 0 amide bonds. The van der Waals surface area contributed by atoms with Gasteiger partial charge in [-0.15, -0.1) is 0 Å². The first-order chi connectivity index (χ1) is 18.7. The predicted molar refractivity (Wildman–Crippen MR) is 150 cm³/mol. The Balaban J connectivity index is 1.25. The minimum atomic E-state index is 0.537. The van der Waals surface area contributed by atoms with Crippen LogP contribution in [0, 0.1) is 5.92 Å². The Hall–Kier alpha value is -4.85. The van der Waals surface area contributed by atoms with Crippen molar-refractivity contribution in [2.75, 3.05) is 5.32 Å². The minimum absolute atomic E-state index is 0.537. The maximum Gasteiger partial charge on any atom is 0.181 e. The van der Waals surface area contributed by atoms with Crippen LogP contribution in [0.15, 0.2) is 85.9 Å². The van der Waals surface area contributed by atoms with Gasteiger partial charge in [0.05, 0.1) is 40.7 Å². The maximum atomic E-state index is 4.63. The van der Waals surface area contributed by atoms with E-state index in [-0.39, 0.29) is 0 Å². The van der Waals surface area contributed by atoms with Crippen molar-refractivity contribution in [2.45, 2.75) is 25.7 Å². The Kier molecular flexibility index (Phi) is 5.43.